The minimum absolute atomic E-state index is 0.0274. The first kappa shape index (κ1) is 12.2. The molecule has 1 amide bonds. The third-order valence-corrected chi connectivity index (χ3v) is 1.95. The van der Waals surface area contributed by atoms with Gasteiger partial charge in [0, 0.05) is 25.4 Å². The number of carbonyl (C=O) groups excluding carboxylic acids is 1. The van der Waals surface area contributed by atoms with E-state index in [1.54, 1.807) is 11.8 Å². The van der Waals surface area contributed by atoms with Crippen LogP contribution in [-0.2, 0) is 4.79 Å². The van der Waals surface area contributed by atoms with Gasteiger partial charge in [0.25, 0.3) is 0 Å². The van der Waals surface area contributed by atoms with Crippen LogP contribution in [0.1, 0.15) is 20.3 Å². The second kappa shape index (κ2) is 6.73. The molecule has 0 saturated carbocycles. The Morgan fingerprint density at radius 1 is 1.69 bits per heavy atom. The molecule has 3 nitrogen and oxygen atoms in total. The van der Waals surface area contributed by atoms with Crippen LogP contribution >= 0.6 is 11.6 Å². The fraction of sp³-hybridized carbons (Fsp3) is 0.778. The van der Waals surface area contributed by atoms with Gasteiger partial charge in [-0.05, 0) is 13.8 Å². The number of halogens is 1. The zero-order chi connectivity index (χ0) is 10.3. The predicted molar refractivity (Wildman–Crippen MR) is 52.4 cm³/mol. The third-order valence-electron chi connectivity index (χ3n) is 1.76. The number of hydrogen-bond donors (Lipinski definition) is 0. The predicted octanol–water partition coefficient (Wildman–Crippen LogP) is 1.62. The summed E-state index contributed by atoms with van der Waals surface area (Å²) in [5, 5.41) is 8.58. The first-order chi connectivity index (χ1) is 6.15. The highest BCUT2D eigenvalue weighted by atomic mass is 35.5. The van der Waals surface area contributed by atoms with Crippen molar-refractivity contribution in [2.75, 3.05) is 19.0 Å². The summed E-state index contributed by atoms with van der Waals surface area (Å²) in [5.41, 5.74) is 0. The van der Waals surface area contributed by atoms with Crippen molar-refractivity contribution in [2.45, 2.75) is 20.3 Å². The zero-order valence-electron chi connectivity index (χ0n) is 8.09. The molecule has 0 rings (SSSR count). The van der Waals surface area contributed by atoms with Gasteiger partial charge >= 0.3 is 0 Å². The van der Waals surface area contributed by atoms with Crippen LogP contribution in [-0.4, -0.2) is 29.8 Å². The van der Waals surface area contributed by atoms with Gasteiger partial charge in [0.1, 0.15) is 0 Å². The Morgan fingerprint density at radius 3 is 2.69 bits per heavy atom. The van der Waals surface area contributed by atoms with E-state index in [9.17, 15) is 4.79 Å². The molecule has 0 bridgehead atoms. The van der Waals surface area contributed by atoms with E-state index in [1.165, 1.54) is 0 Å². The van der Waals surface area contributed by atoms with E-state index >= 15 is 0 Å². The van der Waals surface area contributed by atoms with Crippen LogP contribution in [0.5, 0.6) is 0 Å². The molecule has 0 heterocycles. The number of hydrogen-bond acceptors (Lipinski definition) is 2. The summed E-state index contributed by atoms with van der Waals surface area (Å²) < 4.78 is 0. The Hall–Kier alpha value is -0.750. The van der Waals surface area contributed by atoms with E-state index in [0.29, 0.717) is 25.4 Å². The lowest BCUT2D eigenvalue weighted by molar-refractivity contribution is -0.130. The number of alkyl halides is 1. The second-order valence-electron chi connectivity index (χ2n) is 2.90. The molecular weight excluding hydrogens is 188 g/mol. The van der Waals surface area contributed by atoms with Crippen LogP contribution in [0.3, 0.4) is 0 Å². The van der Waals surface area contributed by atoms with Gasteiger partial charge in [-0.25, -0.2) is 0 Å². The molecule has 0 saturated heterocycles. The molecule has 0 aliphatic rings. The number of nitrogens with zero attached hydrogens (tertiary/aromatic N) is 2. The van der Waals surface area contributed by atoms with Crippen LogP contribution in [0.15, 0.2) is 0 Å². The maximum absolute atomic E-state index is 11.4. The highest BCUT2D eigenvalue weighted by Gasteiger charge is 2.13. The Bertz CT molecular complexity index is 200. The topological polar surface area (TPSA) is 44.1 Å². The quantitative estimate of drug-likeness (QED) is 0.636. The van der Waals surface area contributed by atoms with Crippen molar-refractivity contribution in [1.82, 2.24) is 4.90 Å². The molecule has 13 heavy (non-hydrogen) atoms. The third kappa shape index (κ3) is 4.74. The fourth-order valence-corrected chi connectivity index (χ4v) is 1.18. The summed E-state index contributed by atoms with van der Waals surface area (Å²) in [6.07, 6.45) is 0.355. The second-order valence-corrected chi connectivity index (χ2v) is 3.28. The Morgan fingerprint density at radius 2 is 2.31 bits per heavy atom. The minimum Gasteiger partial charge on any atom is -0.342 e. The summed E-state index contributed by atoms with van der Waals surface area (Å²) in [6.45, 7) is 4.84. The van der Waals surface area contributed by atoms with Crippen molar-refractivity contribution in [1.29, 1.82) is 5.26 Å². The van der Waals surface area contributed by atoms with Gasteiger partial charge in [-0.1, -0.05) is 0 Å². The van der Waals surface area contributed by atoms with E-state index in [1.807, 2.05) is 6.92 Å². The standard InChI is InChI=1S/C9H15ClN2O/c1-3-12(7-8(2)6-11)9(13)4-5-10/h8H,3-5,7H2,1-2H3. The Balaban J connectivity index is 4.03. The molecule has 0 radical (unpaired) electrons. The van der Waals surface area contributed by atoms with Gasteiger partial charge < -0.3 is 4.90 Å². The number of rotatable bonds is 5. The molecular formula is C9H15ClN2O. The van der Waals surface area contributed by atoms with E-state index < -0.39 is 0 Å². The lowest BCUT2D eigenvalue weighted by atomic mass is 10.2. The normalized spacial score (nSPS) is 11.8. The summed E-state index contributed by atoms with van der Waals surface area (Å²) in [7, 11) is 0. The van der Waals surface area contributed by atoms with E-state index in [2.05, 4.69) is 6.07 Å². The average molecular weight is 203 g/mol. The van der Waals surface area contributed by atoms with Gasteiger partial charge in [0.2, 0.25) is 5.91 Å². The van der Waals surface area contributed by atoms with Crippen LogP contribution in [0, 0.1) is 17.2 Å². The van der Waals surface area contributed by atoms with Crippen LogP contribution in [0.4, 0.5) is 0 Å². The highest BCUT2D eigenvalue weighted by Crippen LogP contribution is 2.01. The molecule has 4 heteroatoms. The van der Waals surface area contributed by atoms with Crippen molar-refractivity contribution in [3.8, 4) is 6.07 Å². The van der Waals surface area contributed by atoms with E-state index in [0.717, 1.165) is 0 Å². The van der Waals surface area contributed by atoms with Gasteiger partial charge in [-0.2, -0.15) is 5.26 Å². The molecule has 0 aromatic rings. The summed E-state index contributed by atoms with van der Waals surface area (Å²) in [6, 6.07) is 2.10. The lowest BCUT2D eigenvalue weighted by Crippen LogP contribution is -2.34. The Kier molecular flexibility index (Phi) is 6.34. The Labute approximate surface area is 84.3 Å². The molecule has 1 unspecified atom stereocenters. The maximum Gasteiger partial charge on any atom is 0.223 e. The molecule has 1 atom stereocenters. The molecule has 0 aliphatic heterocycles. The van der Waals surface area contributed by atoms with Crippen molar-refractivity contribution in [3.05, 3.63) is 0 Å². The molecule has 0 spiro atoms. The first-order valence-corrected chi connectivity index (χ1v) is 4.92. The molecule has 0 aromatic carbocycles. The molecule has 0 N–H and O–H groups in total. The number of nitriles is 1. The van der Waals surface area contributed by atoms with E-state index in [4.69, 9.17) is 16.9 Å². The summed E-state index contributed by atoms with van der Waals surface area (Å²) in [5.74, 6) is 0.259. The van der Waals surface area contributed by atoms with Crippen LogP contribution in [0.25, 0.3) is 0 Å². The maximum atomic E-state index is 11.4. The summed E-state index contributed by atoms with van der Waals surface area (Å²) in [4.78, 5) is 13.0. The van der Waals surface area contributed by atoms with Crippen molar-refractivity contribution in [2.24, 2.45) is 5.92 Å². The van der Waals surface area contributed by atoms with Gasteiger partial charge in [-0.15, -0.1) is 11.6 Å². The molecule has 0 fully saturated rings. The monoisotopic (exact) mass is 202 g/mol. The average Bonchev–Trinajstić information content (AvgIpc) is 2.14. The van der Waals surface area contributed by atoms with Crippen molar-refractivity contribution >= 4 is 17.5 Å². The van der Waals surface area contributed by atoms with Gasteiger partial charge in [-0.3, -0.25) is 4.79 Å². The highest BCUT2D eigenvalue weighted by molar-refractivity contribution is 6.18. The minimum atomic E-state index is -0.112. The van der Waals surface area contributed by atoms with Gasteiger partial charge in [0.15, 0.2) is 0 Å². The SMILES string of the molecule is CCN(CC(C)C#N)C(=O)CCCl. The lowest BCUT2D eigenvalue weighted by Gasteiger charge is -2.21. The number of carbonyl (C=O) groups is 1. The van der Waals surface area contributed by atoms with Crippen LogP contribution in [0.2, 0.25) is 0 Å². The largest absolute Gasteiger partial charge is 0.342 e. The molecule has 0 aromatic heterocycles. The smallest absolute Gasteiger partial charge is 0.223 e. The van der Waals surface area contributed by atoms with Gasteiger partial charge in [0.05, 0.1) is 12.0 Å². The fourth-order valence-electron chi connectivity index (χ4n) is 1.02. The molecule has 0 aliphatic carbocycles. The first-order valence-electron chi connectivity index (χ1n) is 4.39. The van der Waals surface area contributed by atoms with E-state index in [-0.39, 0.29) is 11.8 Å². The number of amides is 1. The van der Waals surface area contributed by atoms with Crippen molar-refractivity contribution < 1.29 is 4.79 Å². The van der Waals surface area contributed by atoms with Crippen molar-refractivity contribution in [3.63, 3.8) is 0 Å². The van der Waals surface area contributed by atoms with Crippen LogP contribution < -0.4 is 0 Å². The molecule has 74 valence electrons. The zero-order valence-corrected chi connectivity index (χ0v) is 8.84. The summed E-state index contributed by atoms with van der Waals surface area (Å²) >= 11 is 5.46.